The van der Waals surface area contributed by atoms with Gasteiger partial charge in [0, 0.05) is 11.6 Å². The SMILES string of the molecule is CNC(Cc1cccc(Cl)c1F)c1ccc(C)c(F)c1F. The molecule has 1 nitrogen and oxygen atoms in total. The number of nitrogens with one attached hydrogen (secondary N) is 1. The Balaban J connectivity index is 2.37. The van der Waals surface area contributed by atoms with Gasteiger partial charge in [0.05, 0.1) is 5.02 Å². The second-order valence-electron chi connectivity index (χ2n) is 4.86. The normalized spacial score (nSPS) is 12.5. The molecule has 0 heterocycles. The van der Waals surface area contributed by atoms with Crippen LogP contribution in [0.5, 0.6) is 0 Å². The van der Waals surface area contributed by atoms with Crippen LogP contribution in [-0.4, -0.2) is 7.05 Å². The third-order valence-electron chi connectivity index (χ3n) is 3.48. The molecule has 2 aromatic rings. The Morgan fingerprint density at radius 3 is 2.43 bits per heavy atom. The van der Waals surface area contributed by atoms with Gasteiger partial charge in [-0.25, -0.2) is 13.2 Å². The van der Waals surface area contributed by atoms with Crippen LogP contribution >= 0.6 is 11.6 Å². The lowest BCUT2D eigenvalue weighted by Gasteiger charge is -2.19. The molecule has 0 spiro atoms. The second kappa shape index (κ2) is 6.50. The molecule has 0 radical (unpaired) electrons. The maximum Gasteiger partial charge on any atom is 0.163 e. The summed E-state index contributed by atoms with van der Waals surface area (Å²) in [5.41, 5.74) is 0.752. The number of aryl methyl sites for hydroxylation is 1. The van der Waals surface area contributed by atoms with Crippen molar-refractivity contribution >= 4 is 11.6 Å². The highest BCUT2D eigenvalue weighted by atomic mass is 35.5. The molecular formula is C16H15ClF3N. The van der Waals surface area contributed by atoms with E-state index in [0.717, 1.165) is 0 Å². The summed E-state index contributed by atoms with van der Waals surface area (Å²) in [6.45, 7) is 1.49. The van der Waals surface area contributed by atoms with E-state index < -0.39 is 23.5 Å². The molecule has 0 saturated heterocycles. The average molecular weight is 314 g/mol. The molecule has 1 unspecified atom stereocenters. The molecule has 0 aromatic heterocycles. The number of rotatable bonds is 4. The Bertz CT molecular complexity index is 658. The first kappa shape index (κ1) is 15.9. The maximum absolute atomic E-state index is 14.0. The third kappa shape index (κ3) is 3.22. The van der Waals surface area contributed by atoms with Crippen LogP contribution in [0.15, 0.2) is 30.3 Å². The van der Waals surface area contributed by atoms with Crippen LogP contribution < -0.4 is 5.32 Å². The zero-order chi connectivity index (χ0) is 15.6. The van der Waals surface area contributed by atoms with Gasteiger partial charge in [0.2, 0.25) is 0 Å². The van der Waals surface area contributed by atoms with Gasteiger partial charge in [0.25, 0.3) is 0 Å². The summed E-state index contributed by atoms with van der Waals surface area (Å²) in [7, 11) is 1.62. The van der Waals surface area contributed by atoms with E-state index in [-0.39, 0.29) is 22.6 Å². The van der Waals surface area contributed by atoms with Crippen molar-refractivity contribution in [2.24, 2.45) is 0 Å². The highest BCUT2D eigenvalue weighted by Crippen LogP contribution is 2.27. The van der Waals surface area contributed by atoms with Crippen molar-refractivity contribution in [2.75, 3.05) is 7.05 Å². The van der Waals surface area contributed by atoms with Crippen molar-refractivity contribution in [2.45, 2.75) is 19.4 Å². The highest BCUT2D eigenvalue weighted by Gasteiger charge is 2.20. The van der Waals surface area contributed by atoms with E-state index >= 15 is 0 Å². The molecule has 0 bridgehead atoms. The van der Waals surface area contributed by atoms with Crippen molar-refractivity contribution in [3.8, 4) is 0 Å². The molecule has 0 fully saturated rings. The Morgan fingerprint density at radius 1 is 1.05 bits per heavy atom. The molecule has 112 valence electrons. The summed E-state index contributed by atoms with van der Waals surface area (Å²) in [5.74, 6) is -2.32. The zero-order valence-electron chi connectivity index (χ0n) is 11.7. The van der Waals surface area contributed by atoms with E-state index in [2.05, 4.69) is 5.32 Å². The van der Waals surface area contributed by atoms with Gasteiger partial charge < -0.3 is 5.32 Å². The van der Waals surface area contributed by atoms with Crippen molar-refractivity contribution in [3.63, 3.8) is 0 Å². The predicted octanol–water partition coefficient (Wildman–Crippen LogP) is 4.57. The minimum atomic E-state index is -0.906. The van der Waals surface area contributed by atoms with Gasteiger partial charge in [-0.2, -0.15) is 0 Å². The fraction of sp³-hybridized carbons (Fsp3) is 0.250. The summed E-state index contributed by atoms with van der Waals surface area (Å²) >= 11 is 5.73. The van der Waals surface area contributed by atoms with E-state index in [1.807, 2.05) is 0 Å². The molecule has 0 aliphatic carbocycles. The van der Waals surface area contributed by atoms with Crippen molar-refractivity contribution in [1.82, 2.24) is 5.32 Å². The number of hydrogen-bond donors (Lipinski definition) is 1. The largest absolute Gasteiger partial charge is 0.313 e. The van der Waals surface area contributed by atoms with Crippen molar-refractivity contribution < 1.29 is 13.2 Å². The Kier molecular flexibility index (Phi) is 4.91. The molecule has 1 N–H and O–H groups in total. The highest BCUT2D eigenvalue weighted by molar-refractivity contribution is 6.30. The van der Waals surface area contributed by atoms with Gasteiger partial charge in [-0.3, -0.25) is 0 Å². The third-order valence-corrected chi connectivity index (χ3v) is 3.78. The maximum atomic E-state index is 14.0. The Morgan fingerprint density at radius 2 is 1.76 bits per heavy atom. The van der Waals surface area contributed by atoms with Gasteiger partial charge in [-0.15, -0.1) is 0 Å². The number of likely N-dealkylation sites (N-methyl/N-ethyl adjacent to an activating group) is 1. The Labute approximate surface area is 126 Å². The standard InChI is InChI=1S/C16H15ClF3N/c1-9-6-7-11(16(20)14(9)18)13(21-2)8-10-4-3-5-12(17)15(10)19/h3-7,13,21H,8H2,1-2H3. The molecule has 2 rings (SSSR count). The van der Waals surface area contributed by atoms with Gasteiger partial charge in [0.1, 0.15) is 5.82 Å². The minimum Gasteiger partial charge on any atom is -0.313 e. The number of hydrogen-bond acceptors (Lipinski definition) is 1. The smallest absolute Gasteiger partial charge is 0.163 e. The van der Waals surface area contributed by atoms with Crippen molar-refractivity contribution in [1.29, 1.82) is 0 Å². The zero-order valence-corrected chi connectivity index (χ0v) is 12.4. The van der Waals surface area contributed by atoms with Gasteiger partial charge in [-0.1, -0.05) is 35.9 Å². The summed E-state index contributed by atoms with van der Waals surface area (Å²) in [6.07, 6.45) is 0.169. The first-order valence-corrected chi connectivity index (χ1v) is 6.88. The average Bonchev–Trinajstić information content (AvgIpc) is 2.47. The monoisotopic (exact) mass is 313 g/mol. The second-order valence-corrected chi connectivity index (χ2v) is 5.27. The summed E-state index contributed by atoms with van der Waals surface area (Å²) in [4.78, 5) is 0. The first-order valence-electron chi connectivity index (χ1n) is 6.50. The first-order chi connectivity index (χ1) is 9.95. The van der Waals surface area contributed by atoms with E-state index in [1.165, 1.54) is 25.1 Å². The molecular weight excluding hydrogens is 299 g/mol. The lowest BCUT2D eigenvalue weighted by atomic mass is 9.97. The molecule has 0 saturated carbocycles. The van der Waals surface area contributed by atoms with Crippen LogP contribution in [0.25, 0.3) is 0 Å². The fourth-order valence-corrected chi connectivity index (χ4v) is 2.42. The van der Waals surface area contributed by atoms with Crippen LogP contribution in [0.1, 0.15) is 22.7 Å². The summed E-state index contributed by atoms with van der Waals surface area (Å²) in [5, 5.41) is 2.90. The quantitative estimate of drug-likeness (QED) is 0.872. The minimum absolute atomic E-state index is 0.0120. The van der Waals surface area contributed by atoms with Crippen LogP contribution in [0.4, 0.5) is 13.2 Å². The van der Waals surface area contributed by atoms with E-state index in [1.54, 1.807) is 19.2 Å². The molecule has 2 aromatic carbocycles. The van der Waals surface area contributed by atoms with Crippen LogP contribution in [0.3, 0.4) is 0 Å². The van der Waals surface area contributed by atoms with Crippen LogP contribution in [0.2, 0.25) is 5.02 Å². The molecule has 5 heteroatoms. The molecule has 21 heavy (non-hydrogen) atoms. The van der Waals surface area contributed by atoms with E-state index in [4.69, 9.17) is 11.6 Å². The molecule has 0 aliphatic rings. The van der Waals surface area contributed by atoms with Gasteiger partial charge in [0.15, 0.2) is 11.6 Å². The summed E-state index contributed by atoms with van der Waals surface area (Å²) < 4.78 is 41.6. The van der Waals surface area contributed by atoms with Crippen molar-refractivity contribution in [3.05, 3.63) is 69.5 Å². The van der Waals surface area contributed by atoms with Gasteiger partial charge in [-0.05, 0) is 37.6 Å². The lowest BCUT2D eigenvalue weighted by Crippen LogP contribution is -2.21. The number of benzene rings is 2. The van der Waals surface area contributed by atoms with Crippen LogP contribution in [0, 0.1) is 24.4 Å². The lowest BCUT2D eigenvalue weighted by molar-refractivity contribution is 0.466. The molecule has 0 aliphatic heterocycles. The Hall–Kier alpha value is -1.52. The summed E-state index contributed by atoms with van der Waals surface area (Å²) in [6, 6.07) is 7.12. The fourth-order valence-electron chi connectivity index (χ4n) is 2.22. The molecule has 0 amide bonds. The van der Waals surface area contributed by atoms with Gasteiger partial charge >= 0.3 is 0 Å². The van der Waals surface area contributed by atoms with E-state index in [0.29, 0.717) is 5.56 Å². The van der Waals surface area contributed by atoms with E-state index in [9.17, 15) is 13.2 Å². The van der Waals surface area contributed by atoms with Crippen LogP contribution in [-0.2, 0) is 6.42 Å². The topological polar surface area (TPSA) is 12.0 Å². The predicted molar refractivity (Wildman–Crippen MR) is 78.0 cm³/mol. The molecule has 1 atom stereocenters. The number of halogens is 4.